The molecule has 0 saturated carbocycles. The Morgan fingerprint density at radius 1 is 1.19 bits per heavy atom. The Hall–Kier alpha value is -1.35. The van der Waals surface area contributed by atoms with Crippen molar-refractivity contribution in [1.29, 1.82) is 0 Å². The zero-order valence-corrected chi connectivity index (χ0v) is 10.6. The Morgan fingerprint density at radius 3 is 2.44 bits per heavy atom. The van der Waals surface area contributed by atoms with Crippen LogP contribution in [0.3, 0.4) is 0 Å². The average molecular weight is 236 g/mol. The van der Waals surface area contributed by atoms with E-state index < -0.39 is 0 Å². The molecule has 0 bridgehead atoms. The maximum atomic E-state index is 5.10. The first kappa shape index (κ1) is 12.7. The molecule has 0 N–H and O–H groups in total. The fraction of sp³-hybridized carbons (Fsp3) is 0.231. The standard InChI is InChI=1S/C13H16O2S/c1-11(8-9-14-2)10-16-13-6-4-12(15-3)5-7-13/h4-10H,1-3H3/b9-8+,11-10-. The molecule has 0 unspecified atom stereocenters. The first-order valence-electron chi connectivity index (χ1n) is 4.93. The van der Waals surface area contributed by atoms with Crippen molar-refractivity contribution >= 4 is 11.8 Å². The molecule has 0 aromatic heterocycles. The number of ether oxygens (including phenoxy) is 2. The molecule has 3 heteroatoms. The third-order valence-electron chi connectivity index (χ3n) is 1.91. The van der Waals surface area contributed by atoms with Crippen LogP contribution in [0.2, 0.25) is 0 Å². The predicted molar refractivity (Wildman–Crippen MR) is 68.8 cm³/mol. The van der Waals surface area contributed by atoms with Gasteiger partial charge in [0.15, 0.2) is 0 Å². The Bertz CT molecular complexity index is 366. The quantitative estimate of drug-likeness (QED) is 0.439. The van der Waals surface area contributed by atoms with Crippen molar-refractivity contribution in [1.82, 2.24) is 0 Å². The highest BCUT2D eigenvalue weighted by molar-refractivity contribution is 8.02. The summed E-state index contributed by atoms with van der Waals surface area (Å²) in [5.41, 5.74) is 1.16. The third-order valence-corrected chi connectivity index (χ3v) is 2.94. The van der Waals surface area contributed by atoms with E-state index in [1.807, 2.05) is 37.3 Å². The van der Waals surface area contributed by atoms with Gasteiger partial charge in [0.25, 0.3) is 0 Å². The molecule has 0 aliphatic heterocycles. The fourth-order valence-corrected chi connectivity index (χ4v) is 1.72. The van der Waals surface area contributed by atoms with Crippen LogP contribution in [0.15, 0.2) is 52.5 Å². The Labute approximate surface area is 101 Å². The summed E-state index contributed by atoms with van der Waals surface area (Å²) < 4.78 is 9.94. The molecule has 0 radical (unpaired) electrons. The van der Waals surface area contributed by atoms with E-state index in [1.165, 1.54) is 4.90 Å². The number of hydrogen-bond donors (Lipinski definition) is 0. The second-order valence-electron chi connectivity index (χ2n) is 3.19. The van der Waals surface area contributed by atoms with Crippen LogP contribution in [0, 0.1) is 0 Å². The van der Waals surface area contributed by atoms with Gasteiger partial charge in [-0.05, 0) is 48.2 Å². The maximum Gasteiger partial charge on any atom is 0.118 e. The SMILES string of the molecule is CO/C=C/C(C)=C\Sc1ccc(OC)cc1. The highest BCUT2D eigenvalue weighted by atomic mass is 32.2. The van der Waals surface area contributed by atoms with Crippen molar-refractivity contribution in [3.63, 3.8) is 0 Å². The molecule has 0 aliphatic rings. The predicted octanol–water partition coefficient (Wildman–Crippen LogP) is 3.85. The zero-order valence-electron chi connectivity index (χ0n) is 9.77. The third kappa shape index (κ3) is 4.45. The molecule has 1 aromatic rings. The van der Waals surface area contributed by atoms with Gasteiger partial charge in [0.05, 0.1) is 20.5 Å². The van der Waals surface area contributed by atoms with Crippen molar-refractivity contribution in [2.75, 3.05) is 14.2 Å². The monoisotopic (exact) mass is 236 g/mol. The van der Waals surface area contributed by atoms with Crippen LogP contribution in [-0.2, 0) is 4.74 Å². The molecular weight excluding hydrogens is 220 g/mol. The molecule has 0 spiro atoms. The van der Waals surface area contributed by atoms with Gasteiger partial charge in [0.2, 0.25) is 0 Å². The number of hydrogen-bond acceptors (Lipinski definition) is 3. The average Bonchev–Trinajstić information content (AvgIpc) is 2.34. The Morgan fingerprint density at radius 2 is 1.88 bits per heavy atom. The van der Waals surface area contributed by atoms with Gasteiger partial charge in [-0.15, -0.1) is 0 Å². The van der Waals surface area contributed by atoms with Crippen LogP contribution in [0.1, 0.15) is 6.92 Å². The number of rotatable bonds is 5. The normalized spacial score (nSPS) is 11.8. The maximum absolute atomic E-state index is 5.10. The molecule has 1 rings (SSSR count). The van der Waals surface area contributed by atoms with Crippen molar-refractivity contribution in [3.05, 3.63) is 47.6 Å². The molecule has 2 nitrogen and oxygen atoms in total. The van der Waals surface area contributed by atoms with Crippen molar-refractivity contribution in [2.45, 2.75) is 11.8 Å². The van der Waals surface area contributed by atoms with E-state index in [-0.39, 0.29) is 0 Å². The molecule has 16 heavy (non-hydrogen) atoms. The minimum Gasteiger partial charge on any atom is -0.504 e. The lowest BCUT2D eigenvalue weighted by Gasteiger charge is -2.00. The second kappa shape index (κ2) is 7.01. The first-order chi connectivity index (χ1) is 7.76. The highest BCUT2D eigenvalue weighted by Gasteiger charge is 1.93. The highest BCUT2D eigenvalue weighted by Crippen LogP contribution is 2.23. The number of allylic oxidation sites excluding steroid dienone is 2. The summed E-state index contributed by atoms with van der Waals surface area (Å²) in [4.78, 5) is 1.19. The van der Waals surface area contributed by atoms with E-state index in [4.69, 9.17) is 9.47 Å². The zero-order chi connectivity index (χ0) is 11.8. The first-order valence-corrected chi connectivity index (χ1v) is 5.81. The number of thioether (sulfide) groups is 1. The van der Waals surface area contributed by atoms with Crippen LogP contribution in [0.5, 0.6) is 5.75 Å². The van der Waals surface area contributed by atoms with Crippen molar-refractivity contribution < 1.29 is 9.47 Å². The fourth-order valence-electron chi connectivity index (χ4n) is 1.03. The Kier molecular flexibility index (Phi) is 5.57. The van der Waals surface area contributed by atoms with Crippen LogP contribution >= 0.6 is 11.8 Å². The molecule has 0 aliphatic carbocycles. The van der Waals surface area contributed by atoms with Crippen LogP contribution in [0.4, 0.5) is 0 Å². The minimum absolute atomic E-state index is 0.879. The molecule has 0 saturated heterocycles. The number of benzene rings is 1. The smallest absolute Gasteiger partial charge is 0.118 e. The van der Waals surface area contributed by atoms with Crippen LogP contribution < -0.4 is 4.74 Å². The van der Waals surface area contributed by atoms with Crippen LogP contribution in [0.25, 0.3) is 0 Å². The van der Waals surface area contributed by atoms with Gasteiger partial charge < -0.3 is 9.47 Å². The van der Waals surface area contributed by atoms with E-state index in [1.54, 1.807) is 32.2 Å². The lowest BCUT2D eigenvalue weighted by Crippen LogP contribution is -1.80. The lowest BCUT2D eigenvalue weighted by molar-refractivity contribution is 0.338. The molecule has 0 amide bonds. The summed E-state index contributed by atoms with van der Waals surface area (Å²) in [6.07, 6.45) is 3.59. The van der Waals surface area contributed by atoms with E-state index >= 15 is 0 Å². The minimum atomic E-state index is 0.879. The summed E-state index contributed by atoms with van der Waals surface area (Å²) in [6.45, 7) is 2.03. The lowest BCUT2D eigenvalue weighted by atomic mass is 10.3. The topological polar surface area (TPSA) is 18.5 Å². The second-order valence-corrected chi connectivity index (χ2v) is 4.14. The van der Waals surface area contributed by atoms with E-state index in [0.29, 0.717) is 0 Å². The molecule has 86 valence electrons. The molecule has 0 fully saturated rings. The summed E-state index contributed by atoms with van der Waals surface area (Å²) in [7, 11) is 3.31. The van der Waals surface area contributed by atoms with Crippen molar-refractivity contribution in [2.24, 2.45) is 0 Å². The van der Waals surface area contributed by atoms with E-state index in [2.05, 4.69) is 5.41 Å². The molecule has 1 aromatic carbocycles. The Balaban J connectivity index is 2.56. The number of methoxy groups -OCH3 is 2. The summed E-state index contributed by atoms with van der Waals surface area (Å²) in [5.74, 6) is 0.879. The van der Waals surface area contributed by atoms with E-state index in [0.717, 1.165) is 11.3 Å². The summed E-state index contributed by atoms with van der Waals surface area (Å²) in [6, 6.07) is 7.98. The summed E-state index contributed by atoms with van der Waals surface area (Å²) in [5, 5.41) is 2.08. The van der Waals surface area contributed by atoms with Gasteiger partial charge in [0.1, 0.15) is 5.75 Å². The van der Waals surface area contributed by atoms with Gasteiger partial charge in [-0.3, -0.25) is 0 Å². The van der Waals surface area contributed by atoms with Crippen LogP contribution in [-0.4, -0.2) is 14.2 Å². The largest absolute Gasteiger partial charge is 0.504 e. The summed E-state index contributed by atoms with van der Waals surface area (Å²) >= 11 is 1.67. The van der Waals surface area contributed by atoms with Gasteiger partial charge in [0, 0.05) is 4.90 Å². The molecule has 0 atom stereocenters. The van der Waals surface area contributed by atoms with Gasteiger partial charge >= 0.3 is 0 Å². The molecular formula is C13H16O2S. The van der Waals surface area contributed by atoms with E-state index in [9.17, 15) is 0 Å². The van der Waals surface area contributed by atoms with Gasteiger partial charge in [-0.2, -0.15) is 0 Å². The van der Waals surface area contributed by atoms with Gasteiger partial charge in [-0.25, -0.2) is 0 Å². The van der Waals surface area contributed by atoms with Gasteiger partial charge in [-0.1, -0.05) is 11.8 Å². The van der Waals surface area contributed by atoms with Crippen molar-refractivity contribution in [3.8, 4) is 5.75 Å². The molecule has 0 heterocycles.